The van der Waals surface area contributed by atoms with Gasteiger partial charge in [0.05, 0.1) is 5.56 Å². The standard InChI is InChI=1S/C21H28O3/c1-15(2)7-5-8-16(3)9-6-10-17(4)13-21(24)19-14-18(22)11-12-20(19)23/h7,9,11-14,22-23H,5-6,8,10H2,1-4H3. The Morgan fingerprint density at radius 2 is 1.58 bits per heavy atom. The summed E-state index contributed by atoms with van der Waals surface area (Å²) in [6, 6.07) is 3.96. The van der Waals surface area contributed by atoms with Gasteiger partial charge in [-0.05, 0) is 77.7 Å². The lowest BCUT2D eigenvalue weighted by atomic mass is 10.0. The van der Waals surface area contributed by atoms with Gasteiger partial charge in [-0.2, -0.15) is 0 Å². The van der Waals surface area contributed by atoms with Gasteiger partial charge in [0.15, 0.2) is 5.78 Å². The van der Waals surface area contributed by atoms with Crippen molar-refractivity contribution >= 4 is 5.78 Å². The molecule has 0 heterocycles. The van der Waals surface area contributed by atoms with Gasteiger partial charge in [0.1, 0.15) is 11.5 Å². The number of carbonyl (C=O) groups excluding carboxylic acids is 1. The quantitative estimate of drug-likeness (QED) is 0.278. The molecule has 0 aliphatic heterocycles. The van der Waals surface area contributed by atoms with E-state index >= 15 is 0 Å². The average Bonchev–Trinajstić information content (AvgIpc) is 2.49. The molecule has 0 unspecified atom stereocenters. The molecule has 0 spiro atoms. The summed E-state index contributed by atoms with van der Waals surface area (Å²) in [4.78, 5) is 12.2. The van der Waals surface area contributed by atoms with Gasteiger partial charge in [0.25, 0.3) is 0 Å². The first-order valence-electron chi connectivity index (χ1n) is 8.32. The summed E-state index contributed by atoms with van der Waals surface area (Å²) in [6.45, 7) is 8.25. The summed E-state index contributed by atoms with van der Waals surface area (Å²) in [6.07, 6.45) is 9.79. The summed E-state index contributed by atoms with van der Waals surface area (Å²) >= 11 is 0. The molecular weight excluding hydrogens is 300 g/mol. The molecule has 0 saturated heterocycles. The number of carbonyl (C=O) groups is 1. The number of benzene rings is 1. The second kappa shape index (κ2) is 9.76. The first-order valence-corrected chi connectivity index (χ1v) is 8.32. The lowest BCUT2D eigenvalue weighted by Gasteiger charge is -2.04. The van der Waals surface area contributed by atoms with E-state index in [9.17, 15) is 15.0 Å². The van der Waals surface area contributed by atoms with Crippen LogP contribution in [0.2, 0.25) is 0 Å². The highest BCUT2D eigenvalue weighted by Crippen LogP contribution is 2.23. The largest absolute Gasteiger partial charge is 0.508 e. The molecule has 0 atom stereocenters. The van der Waals surface area contributed by atoms with Gasteiger partial charge < -0.3 is 10.2 Å². The lowest BCUT2D eigenvalue weighted by molar-refractivity contribution is 0.104. The maximum Gasteiger partial charge on any atom is 0.189 e. The number of phenols is 2. The SMILES string of the molecule is CC(C)=CCCC(C)=CCCC(C)=CC(=O)c1cc(O)ccc1O. The Balaban J connectivity index is 2.56. The van der Waals surface area contributed by atoms with Crippen LogP contribution in [0.5, 0.6) is 11.5 Å². The summed E-state index contributed by atoms with van der Waals surface area (Å²) in [7, 11) is 0. The van der Waals surface area contributed by atoms with Crippen LogP contribution in [0.1, 0.15) is 63.7 Å². The molecular formula is C21H28O3. The topological polar surface area (TPSA) is 57.5 Å². The summed E-state index contributed by atoms with van der Waals surface area (Å²) in [5.41, 5.74) is 3.78. The molecule has 3 heteroatoms. The Labute approximate surface area is 145 Å². The van der Waals surface area contributed by atoms with E-state index in [0.29, 0.717) is 0 Å². The van der Waals surface area contributed by atoms with E-state index in [2.05, 4.69) is 32.9 Å². The number of hydrogen-bond donors (Lipinski definition) is 2. The molecule has 1 aromatic rings. The maximum absolute atomic E-state index is 12.2. The number of ketones is 1. The second-order valence-corrected chi connectivity index (χ2v) is 6.47. The second-order valence-electron chi connectivity index (χ2n) is 6.47. The van der Waals surface area contributed by atoms with E-state index in [4.69, 9.17) is 0 Å². The minimum Gasteiger partial charge on any atom is -0.508 e. The van der Waals surface area contributed by atoms with Crippen molar-refractivity contribution in [1.29, 1.82) is 0 Å². The zero-order chi connectivity index (χ0) is 18.1. The molecule has 1 rings (SSSR count). The van der Waals surface area contributed by atoms with Crippen LogP contribution in [0.15, 0.2) is 53.1 Å². The molecule has 130 valence electrons. The van der Waals surface area contributed by atoms with Gasteiger partial charge in [0, 0.05) is 0 Å². The van der Waals surface area contributed by atoms with Gasteiger partial charge in [0.2, 0.25) is 0 Å². The van der Waals surface area contributed by atoms with Gasteiger partial charge >= 0.3 is 0 Å². The Hall–Kier alpha value is -2.29. The fourth-order valence-corrected chi connectivity index (χ4v) is 2.33. The maximum atomic E-state index is 12.2. The number of rotatable bonds is 8. The normalized spacial score (nSPS) is 12.2. The molecule has 0 fully saturated rings. The predicted molar refractivity (Wildman–Crippen MR) is 99.5 cm³/mol. The Bertz CT molecular complexity index is 660. The molecule has 2 N–H and O–H groups in total. The van der Waals surface area contributed by atoms with Crippen LogP contribution in [0.3, 0.4) is 0 Å². The summed E-state index contributed by atoms with van der Waals surface area (Å²) < 4.78 is 0. The smallest absolute Gasteiger partial charge is 0.189 e. The van der Waals surface area contributed by atoms with Crippen molar-refractivity contribution in [3.63, 3.8) is 0 Å². The van der Waals surface area contributed by atoms with Crippen LogP contribution in [-0.2, 0) is 0 Å². The minimum atomic E-state index is -0.287. The van der Waals surface area contributed by atoms with Crippen LogP contribution in [-0.4, -0.2) is 16.0 Å². The van der Waals surface area contributed by atoms with Crippen molar-refractivity contribution < 1.29 is 15.0 Å². The predicted octanol–water partition coefficient (Wildman–Crippen LogP) is 5.70. The van der Waals surface area contributed by atoms with E-state index in [1.165, 1.54) is 35.4 Å². The molecule has 3 nitrogen and oxygen atoms in total. The van der Waals surface area contributed by atoms with Crippen molar-refractivity contribution in [3.8, 4) is 11.5 Å². The van der Waals surface area contributed by atoms with Crippen LogP contribution in [0, 0.1) is 0 Å². The van der Waals surface area contributed by atoms with Crippen molar-refractivity contribution in [1.82, 2.24) is 0 Å². The molecule has 0 aromatic heterocycles. The van der Waals surface area contributed by atoms with Crippen molar-refractivity contribution in [2.45, 2.75) is 53.4 Å². The first kappa shape index (κ1) is 19.8. The average molecular weight is 328 g/mol. The molecule has 0 aliphatic carbocycles. The number of allylic oxidation sites excluding steroid dienone is 6. The number of phenolic OH excluding ortho intramolecular Hbond substituents is 2. The van der Waals surface area contributed by atoms with Crippen molar-refractivity contribution in [2.75, 3.05) is 0 Å². The van der Waals surface area contributed by atoms with Gasteiger partial charge in [-0.25, -0.2) is 0 Å². The van der Waals surface area contributed by atoms with Gasteiger partial charge in [-0.15, -0.1) is 0 Å². The first-order chi connectivity index (χ1) is 11.3. The minimum absolute atomic E-state index is 0.0304. The molecule has 1 aromatic carbocycles. The number of hydrogen-bond acceptors (Lipinski definition) is 3. The van der Waals surface area contributed by atoms with E-state index in [1.807, 2.05) is 6.92 Å². The number of aromatic hydroxyl groups is 2. The monoisotopic (exact) mass is 328 g/mol. The van der Waals surface area contributed by atoms with E-state index in [1.54, 1.807) is 0 Å². The zero-order valence-electron chi connectivity index (χ0n) is 15.1. The molecule has 0 bridgehead atoms. The van der Waals surface area contributed by atoms with E-state index in [-0.39, 0.29) is 22.8 Å². The zero-order valence-corrected chi connectivity index (χ0v) is 15.1. The summed E-state index contributed by atoms with van der Waals surface area (Å²) in [5, 5.41) is 19.1. The van der Waals surface area contributed by atoms with Crippen molar-refractivity contribution in [2.24, 2.45) is 0 Å². The Morgan fingerprint density at radius 1 is 0.958 bits per heavy atom. The van der Waals surface area contributed by atoms with Crippen LogP contribution in [0.4, 0.5) is 0 Å². The summed E-state index contributed by atoms with van der Waals surface area (Å²) in [5.74, 6) is -0.431. The highest BCUT2D eigenvalue weighted by molar-refractivity contribution is 6.07. The van der Waals surface area contributed by atoms with Crippen LogP contribution < -0.4 is 0 Å². The van der Waals surface area contributed by atoms with E-state index < -0.39 is 0 Å². The molecule has 0 radical (unpaired) electrons. The van der Waals surface area contributed by atoms with E-state index in [0.717, 1.165) is 31.3 Å². The third kappa shape index (κ3) is 7.32. The van der Waals surface area contributed by atoms with Crippen LogP contribution >= 0.6 is 0 Å². The fourth-order valence-electron chi connectivity index (χ4n) is 2.33. The fraction of sp³-hybridized carbons (Fsp3) is 0.381. The Kier molecular flexibility index (Phi) is 8.03. The third-order valence-corrected chi connectivity index (χ3v) is 3.75. The highest BCUT2D eigenvalue weighted by atomic mass is 16.3. The molecule has 24 heavy (non-hydrogen) atoms. The lowest BCUT2D eigenvalue weighted by Crippen LogP contribution is -1.96. The Morgan fingerprint density at radius 3 is 2.25 bits per heavy atom. The molecule has 0 saturated carbocycles. The third-order valence-electron chi connectivity index (χ3n) is 3.75. The molecule has 0 amide bonds. The molecule has 0 aliphatic rings. The highest BCUT2D eigenvalue weighted by Gasteiger charge is 2.10. The van der Waals surface area contributed by atoms with Crippen molar-refractivity contribution in [3.05, 3.63) is 58.7 Å². The van der Waals surface area contributed by atoms with Gasteiger partial charge in [-0.3, -0.25) is 4.79 Å². The van der Waals surface area contributed by atoms with Gasteiger partial charge in [-0.1, -0.05) is 28.9 Å². The van der Waals surface area contributed by atoms with Crippen LogP contribution in [0.25, 0.3) is 0 Å².